The van der Waals surface area contributed by atoms with Crippen LogP contribution >= 0.6 is 11.6 Å². The smallest absolute Gasteiger partial charge is 0.345 e. The zero-order valence-electron chi connectivity index (χ0n) is 16.3. The second-order valence-electron chi connectivity index (χ2n) is 5.83. The van der Waals surface area contributed by atoms with Gasteiger partial charge in [0, 0.05) is 19.2 Å². The Morgan fingerprint density at radius 3 is 2.38 bits per heavy atom. The van der Waals surface area contributed by atoms with Gasteiger partial charge in [-0.25, -0.2) is 13.2 Å². The molecule has 7 nitrogen and oxygen atoms in total. The number of carbonyl (C=O) groups excluding carboxylic acids is 1. The summed E-state index contributed by atoms with van der Waals surface area (Å²) in [5.41, 5.74) is 0.255. The summed E-state index contributed by atoms with van der Waals surface area (Å²) in [5, 5.41) is 9.07. The summed E-state index contributed by atoms with van der Waals surface area (Å²) in [5.74, 6) is -0.510. The summed E-state index contributed by atoms with van der Waals surface area (Å²) >= 11 is 6.12. The molecule has 0 heterocycles. The number of hydrogen-bond donors (Lipinski definition) is 0. The number of hydrogen-bond acceptors (Lipinski definition) is 6. The lowest BCUT2D eigenvalue weighted by molar-refractivity contribution is 0.0728. The van der Waals surface area contributed by atoms with Crippen LogP contribution in [0.1, 0.15) is 36.7 Å². The molecule has 154 valence electrons. The Hall–Kier alpha value is -2.60. The number of esters is 1. The van der Waals surface area contributed by atoms with Crippen LogP contribution in [-0.4, -0.2) is 38.4 Å². The Labute approximate surface area is 175 Å². The Bertz CT molecular complexity index is 1040. The zero-order chi connectivity index (χ0) is 21.6. The van der Waals surface area contributed by atoms with Crippen LogP contribution in [0.3, 0.4) is 0 Å². The van der Waals surface area contributed by atoms with Gasteiger partial charge in [-0.15, -0.1) is 0 Å². The van der Waals surface area contributed by atoms with Crippen molar-refractivity contribution in [3.05, 3.63) is 52.5 Å². The van der Waals surface area contributed by atoms with Crippen LogP contribution in [0.2, 0.25) is 5.02 Å². The number of ether oxygens (including phenoxy) is 2. The summed E-state index contributed by atoms with van der Waals surface area (Å²) in [6.07, 6.45) is 0. The molecule has 0 aliphatic carbocycles. The molecule has 9 heteroatoms. The minimum Gasteiger partial charge on any atom is -0.490 e. The molecule has 0 aliphatic rings. The van der Waals surface area contributed by atoms with Gasteiger partial charge in [-0.2, -0.15) is 9.57 Å². The van der Waals surface area contributed by atoms with E-state index in [1.165, 1.54) is 40.7 Å². The van der Waals surface area contributed by atoms with Crippen molar-refractivity contribution in [1.82, 2.24) is 4.31 Å². The molecule has 0 aromatic heterocycles. The second-order valence-corrected chi connectivity index (χ2v) is 8.17. The Morgan fingerprint density at radius 1 is 1.10 bits per heavy atom. The van der Waals surface area contributed by atoms with Gasteiger partial charge in [-0.05, 0) is 37.3 Å². The molecule has 0 unspecified atom stereocenters. The number of nitriles is 1. The van der Waals surface area contributed by atoms with E-state index in [0.717, 1.165) is 0 Å². The number of benzene rings is 2. The van der Waals surface area contributed by atoms with Crippen molar-refractivity contribution in [2.75, 3.05) is 19.7 Å². The van der Waals surface area contributed by atoms with Crippen LogP contribution in [-0.2, 0) is 10.0 Å². The molecule has 0 saturated carbocycles. The summed E-state index contributed by atoms with van der Waals surface area (Å²) < 4.78 is 37.5. The summed E-state index contributed by atoms with van der Waals surface area (Å²) in [6, 6.07) is 10.2. The van der Waals surface area contributed by atoms with Gasteiger partial charge in [0.15, 0.2) is 11.5 Å². The van der Waals surface area contributed by atoms with Gasteiger partial charge in [0.2, 0.25) is 10.0 Å². The number of halogens is 1. The molecule has 0 amide bonds. The topological polar surface area (TPSA) is 96.7 Å². The predicted molar refractivity (Wildman–Crippen MR) is 109 cm³/mol. The Kier molecular flexibility index (Phi) is 7.62. The largest absolute Gasteiger partial charge is 0.490 e. The number of sulfonamides is 1. The maximum Gasteiger partial charge on any atom is 0.345 e. The highest BCUT2D eigenvalue weighted by molar-refractivity contribution is 7.89. The average molecular weight is 437 g/mol. The van der Waals surface area contributed by atoms with Gasteiger partial charge in [0.25, 0.3) is 0 Å². The molecule has 0 saturated heterocycles. The fourth-order valence-corrected chi connectivity index (χ4v) is 4.30. The second kappa shape index (κ2) is 9.74. The van der Waals surface area contributed by atoms with Gasteiger partial charge in [-0.1, -0.05) is 25.4 Å². The van der Waals surface area contributed by atoms with E-state index in [0.29, 0.717) is 25.3 Å². The van der Waals surface area contributed by atoms with Gasteiger partial charge in [0.05, 0.1) is 33.7 Å². The first-order valence-corrected chi connectivity index (χ1v) is 10.8. The third-order valence-electron chi connectivity index (χ3n) is 4.08. The van der Waals surface area contributed by atoms with E-state index in [-0.39, 0.29) is 27.0 Å². The molecule has 0 aliphatic heterocycles. The molecule has 0 bridgehead atoms. The van der Waals surface area contributed by atoms with E-state index in [1.54, 1.807) is 20.8 Å². The predicted octanol–water partition coefficient (Wildman–Crippen LogP) is 3.86. The molecule has 2 aromatic rings. The molecular weight excluding hydrogens is 416 g/mol. The van der Waals surface area contributed by atoms with Crippen molar-refractivity contribution in [3.8, 4) is 17.6 Å². The molecule has 0 N–H and O–H groups in total. The highest BCUT2D eigenvalue weighted by Gasteiger charge is 2.25. The quantitative estimate of drug-likeness (QED) is 0.460. The first-order chi connectivity index (χ1) is 13.8. The Balaban J connectivity index is 2.41. The minimum absolute atomic E-state index is 0.0533. The van der Waals surface area contributed by atoms with E-state index in [9.17, 15) is 13.2 Å². The summed E-state index contributed by atoms with van der Waals surface area (Å²) in [7, 11) is -3.77. The van der Waals surface area contributed by atoms with Crippen LogP contribution in [0.25, 0.3) is 0 Å². The normalized spacial score (nSPS) is 11.2. The number of carbonyl (C=O) groups is 1. The highest BCUT2D eigenvalue weighted by Crippen LogP contribution is 2.30. The first kappa shape index (κ1) is 22.7. The van der Waals surface area contributed by atoms with E-state index in [4.69, 9.17) is 26.3 Å². The van der Waals surface area contributed by atoms with Crippen LogP contribution in [0.15, 0.2) is 41.3 Å². The number of nitrogens with zero attached hydrogens (tertiary/aromatic N) is 2. The molecule has 0 radical (unpaired) electrons. The maximum atomic E-state index is 12.7. The van der Waals surface area contributed by atoms with E-state index >= 15 is 0 Å². The Morgan fingerprint density at radius 2 is 1.79 bits per heavy atom. The summed E-state index contributed by atoms with van der Waals surface area (Å²) in [6.45, 7) is 6.11. The van der Waals surface area contributed by atoms with E-state index < -0.39 is 16.0 Å². The van der Waals surface area contributed by atoms with Crippen molar-refractivity contribution < 1.29 is 22.7 Å². The lowest BCUT2D eigenvalue weighted by atomic mass is 10.2. The third-order valence-corrected chi connectivity index (χ3v) is 6.45. The van der Waals surface area contributed by atoms with Crippen molar-refractivity contribution in [2.45, 2.75) is 25.7 Å². The monoisotopic (exact) mass is 436 g/mol. The van der Waals surface area contributed by atoms with Crippen molar-refractivity contribution in [3.63, 3.8) is 0 Å². The fourth-order valence-electron chi connectivity index (χ4n) is 2.62. The minimum atomic E-state index is -3.77. The molecule has 2 aromatic carbocycles. The third kappa shape index (κ3) is 5.07. The van der Waals surface area contributed by atoms with E-state index in [2.05, 4.69) is 0 Å². The van der Waals surface area contributed by atoms with Crippen molar-refractivity contribution >= 4 is 27.6 Å². The molecule has 29 heavy (non-hydrogen) atoms. The molecule has 2 rings (SSSR count). The van der Waals surface area contributed by atoms with Gasteiger partial charge < -0.3 is 9.47 Å². The van der Waals surface area contributed by atoms with E-state index in [1.807, 2.05) is 6.07 Å². The maximum absolute atomic E-state index is 12.7. The molecule has 0 fully saturated rings. The van der Waals surface area contributed by atoms with Crippen LogP contribution in [0, 0.1) is 11.3 Å². The standard InChI is InChI=1S/C20H21ClN2O5S/c1-4-23(5-2)29(25,26)15-8-9-17(21)16(12-15)20(24)28-18-10-7-14(13-22)11-19(18)27-6-3/h7-12H,4-6H2,1-3H3. The van der Waals surface area contributed by atoms with Crippen LogP contribution in [0.5, 0.6) is 11.5 Å². The number of rotatable bonds is 8. The SMILES string of the molecule is CCOc1cc(C#N)ccc1OC(=O)c1cc(S(=O)(=O)N(CC)CC)ccc1Cl. The van der Waals surface area contributed by atoms with Gasteiger partial charge in [0.1, 0.15) is 0 Å². The summed E-state index contributed by atoms with van der Waals surface area (Å²) in [4.78, 5) is 12.6. The first-order valence-electron chi connectivity index (χ1n) is 8.97. The van der Waals surface area contributed by atoms with Gasteiger partial charge in [-0.3, -0.25) is 0 Å². The molecule has 0 spiro atoms. The van der Waals surface area contributed by atoms with Crippen LogP contribution < -0.4 is 9.47 Å². The van der Waals surface area contributed by atoms with Crippen molar-refractivity contribution in [2.24, 2.45) is 0 Å². The van der Waals surface area contributed by atoms with Crippen LogP contribution in [0.4, 0.5) is 0 Å². The highest BCUT2D eigenvalue weighted by atomic mass is 35.5. The van der Waals surface area contributed by atoms with Crippen molar-refractivity contribution in [1.29, 1.82) is 5.26 Å². The lowest BCUT2D eigenvalue weighted by Crippen LogP contribution is -2.30. The van der Waals surface area contributed by atoms with Gasteiger partial charge >= 0.3 is 5.97 Å². The average Bonchev–Trinajstić information content (AvgIpc) is 2.70. The fraction of sp³-hybridized carbons (Fsp3) is 0.300. The lowest BCUT2D eigenvalue weighted by Gasteiger charge is -2.19. The molecular formula is C20H21ClN2O5S. The zero-order valence-corrected chi connectivity index (χ0v) is 17.9. The molecule has 0 atom stereocenters.